The highest BCUT2D eigenvalue weighted by Crippen LogP contribution is 2.44. The van der Waals surface area contributed by atoms with Crippen LogP contribution in [0.15, 0.2) is 41.2 Å². The van der Waals surface area contributed by atoms with E-state index in [1.54, 1.807) is 7.11 Å². The summed E-state index contributed by atoms with van der Waals surface area (Å²) < 4.78 is 16.7. The third kappa shape index (κ3) is 4.27. The fourth-order valence-corrected chi connectivity index (χ4v) is 4.40. The maximum absolute atomic E-state index is 12.2. The molecule has 0 unspecified atom stereocenters. The van der Waals surface area contributed by atoms with E-state index in [1.807, 2.05) is 24.3 Å². The molecule has 0 atom stereocenters. The van der Waals surface area contributed by atoms with Crippen molar-refractivity contribution in [3.8, 4) is 22.8 Å². The fraction of sp³-hybridized carbons (Fsp3) is 0.417. The molecule has 0 radical (unpaired) electrons. The molecule has 32 heavy (non-hydrogen) atoms. The molecule has 0 amide bonds. The molecule has 1 N–H and O–H groups in total. The van der Waals surface area contributed by atoms with E-state index in [-0.39, 0.29) is 5.56 Å². The predicted octanol–water partition coefficient (Wildman–Crippen LogP) is 2.48. The molecule has 8 heteroatoms. The molecule has 8 nitrogen and oxygen atoms in total. The number of benzene rings is 2. The monoisotopic (exact) mass is 436 g/mol. The Balaban J connectivity index is 1.25. The molecular formula is C24H28N4O4. The molecule has 2 aliphatic rings. The number of H-pyrrole nitrogens is 1. The van der Waals surface area contributed by atoms with Crippen molar-refractivity contribution in [2.24, 2.45) is 0 Å². The molecule has 2 aliphatic heterocycles. The van der Waals surface area contributed by atoms with Crippen LogP contribution in [0.2, 0.25) is 0 Å². The number of ether oxygens (including phenoxy) is 3. The van der Waals surface area contributed by atoms with Gasteiger partial charge in [0.15, 0.2) is 0 Å². The molecule has 0 aliphatic carbocycles. The Kier molecular flexibility index (Phi) is 6.18. The van der Waals surface area contributed by atoms with E-state index in [0.29, 0.717) is 24.3 Å². The quantitative estimate of drug-likeness (QED) is 0.425. The van der Waals surface area contributed by atoms with E-state index >= 15 is 0 Å². The van der Waals surface area contributed by atoms with Gasteiger partial charge in [0, 0.05) is 51.9 Å². The van der Waals surface area contributed by atoms with Gasteiger partial charge in [0.05, 0.1) is 30.6 Å². The second kappa shape index (κ2) is 9.38. The number of methoxy groups -OCH3 is 1. The lowest BCUT2D eigenvalue weighted by atomic mass is 9.99. The minimum absolute atomic E-state index is 0.198. The lowest BCUT2D eigenvalue weighted by Crippen LogP contribution is -2.46. The largest absolute Gasteiger partial charge is 0.456 e. The highest BCUT2D eigenvalue weighted by Gasteiger charge is 2.24. The Morgan fingerprint density at radius 1 is 1.03 bits per heavy atom. The molecular weight excluding hydrogens is 408 g/mol. The van der Waals surface area contributed by atoms with Gasteiger partial charge in [-0.15, -0.1) is 0 Å². The summed E-state index contributed by atoms with van der Waals surface area (Å²) in [6.45, 7) is 8.00. The third-order valence-electron chi connectivity index (χ3n) is 6.15. The standard InChI is InChI=1S/C24H28N4O4/c1-30-13-14-31-12-11-27-7-9-28(10-8-27)16-17-5-6-20-19(15-17)23-22-18(24(29)26-25-23)3-2-4-21(22)32-20/h2-6,15H,7-14,16H2,1H3,(H,26,29). The van der Waals surface area contributed by atoms with E-state index in [2.05, 4.69) is 32.1 Å². The van der Waals surface area contributed by atoms with Crippen LogP contribution in [-0.2, 0) is 16.0 Å². The van der Waals surface area contributed by atoms with E-state index in [0.717, 1.165) is 68.3 Å². The number of hydrogen-bond donors (Lipinski definition) is 1. The Hall–Kier alpha value is -2.78. The average Bonchev–Trinajstić information content (AvgIpc) is 2.82. The molecule has 1 aromatic heterocycles. The first kappa shape index (κ1) is 21.1. The van der Waals surface area contributed by atoms with Crippen molar-refractivity contribution in [2.45, 2.75) is 6.54 Å². The Morgan fingerprint density at radius 3 is 2.72 bits per heavy atom. The molecule has 5 rings (SSSR count). The number of aromatic amines is 1. The van der Waals surface area contributed by atoms with Crippen molar-refractivity contribution < 1.29 is 14.2 Å². The molecule has 168 valence electrons. The van der Waals surface area contributed by atoms with E-state index in [1.165, 1.54) is 5.56 Å². The summed E-state index contributed by atoms with van der Waals surface area (Å²) in [4.78, 5) is 17.1. The maximum Gasteiger partial charge on any atom is 0.272 e. The van der Waals surface area contributed by atoms with Gasteiger partial charge in [-0.3, -0.25) is 14.6 Å². The molecule has 1 fully saturated rings. The van der Waals surface area contributed by atoms with Crippen molar-refractivity contribution >= 4 is 10.8 Å². The van der Waals surface area contributed by atoms with Gasteiger partial charge in [-0.1, -0.05) is 12.1 Å². The normalized spacial score (nSPS) is 16.2. The smallest absolute Gasteiger partial charge is 0.272 e. The molecule has 2 aromatic carbocycles. The maximum atomic E-state index is 12.2. The first-order valence-corrected chi connectivity index (χ1v) is 11.1. The lowest BCUT2D eigenvalue weighted by Gasteiger charge is -2.34. The van der Waals surface area contributed by atoms with Gasteiger partial charge in [0.2, 0.25) is 0 Å². The second-order valence-electron chi connectivity index (χ2n) is 8.24. The summed E-state index contributed by atoms with van der Waals surface area (Å²) >= 11 is 0. The van der Waals surface area contributed by atoms with Crippen LogP contribution in [0.1, 0.15) is 5.56 Å². The summed E-state index contributed by atoms with van der Waals surface area (Å²) in [5, 5.41) is 8.38. The van der Waals surface area contributed by atoms with Gasteiger partial charge in [0.25, 0.3) is 5.56 Å². The number of rotatable bonds is 8. The summed E-state index contributed by atoms with van der Waals surface area (Å²) in [7, 11) is 1.69. The first-order valence-electron chi connectivity index (χ1n) is 11.1. The number of hydrogen-bond acceptors (Lipinski definition) is 7. The van der Waals surface area contributed by atoms with Crippen LogP contribution < -0.4 is 10.3 Å². The number of nitrogens with one attached hydrogen (secondary N) is 1. The van der Waals surface area contributed by atoms with Crippen molar-refractivity contribution in [1.29, 1.82) is 0 Å². The van der Waals surface area contributed by atoms with Crippen LogP contribution in [-0.4, -0.2) is 79.7 Å². The number of fused-ring (bicyclic) bond motifs is 2. The number of piperazine rings is 1. The van der Waals surface area contributed by atoms with Crippen LogP contribution >= 0.6 is 0 Å². The lowest BCUT2D eigenvalue weighted by molar-refractivity contribution is 0.0453. The second-order valence-corrected chi connectivity index (χ2v) is 8.24. The topological polar surface area (TPSA) is 79.9 Å². The Labute approximate surface area is 186 Å². The molecule has 3 heterocycles. The highest BCUT2D eigenvalue weighted by atomic mass is 16.5. The number of aromatic nitrogens is 2. The summed E-state index contributed by atoms with van der Waals surface area (Å²) in [5.41, 5.74) is 2.71. The summed E-state index contributed by atoms with van der Waals surface area (Å²) in [6.07, 6.45) is 0. The van der Waals surface area contributed by atoms with Crippen LogP contribution in [0, 0.1) is 0 Å². The van der Waals surface area contributed by atoms with Gasteiger partial charge < -0.3 is 14.2 Å². The zero-order valence-electron chi connectivity index (χ0n) is 18.3. The Morgan fingerprint density at radius 2 is 1.88 bits per heavy atom. The average molecular weight is 437 g/mol. The van der Waals surface area contributed by atoms with Crippen molar-refractivity contribution in [1.82, 2.24) is 20.0 Å². The van der Waals surface area contributed by atoms with Crippen LogP contribution in [0.5, 0.6) is 11.5 Å². The van der Waals surface area contributed by atoms with Gasteiger partial charge in [-0.05, 0) is 29.8 Å². The minimum Gasteiger partial charge on any atom is -0.456 e. The van der Waals surface area contributed by atoms with E-state index < -0.39 is 0 Å². The fourth-order valence-electron chi connectivity index (χ4n) is 4.40. The van der Waals surface area contributed by atoms with Crippen LogP contribution in [0.3, 0.4) is 0 Å². The van der Waals surface area contributed by atoms with Crippen LogP contribution in [0.4, 0.5) is 0 Å². The SMILES string of the molecule is COCCOCCN1CCN(Cc2ccc3c(c2)-c2n[nH]c(=O)c4cccc(c24)O3)CC1. The van der Waals surface area contributed by atoms with Crippen LogP contribution in [0.25, 0.3) is 22.0 Å². The number of nitrogens with zero attached hydrogens (tertiary/aromatic N) is 3. The van der Waals surface area contributed by atoms with Gasteiger partial charge in [0.1, 0.15) is 17.2 Å². The zero-order chi connectivity index (χ0) is 21.9. The Bertz CT molecular complexity index is 1150. The zero-order valence-corrected chi connectivity index (χ0v) is 18.3. The predicted molar refractivity (Wildman–Crippen MR) is 122 cm³/mol. The molecule has 0 saturated carbocycles. The molecule has 0 bridgehead atoms. The van der Waals surface area contributed by atoms with Crippen molar-refractivity contribution in [2.75, 3.05) is 59.7 Å². The minimum atomic E-state index is -0.198. The van der Waals surface area contributed by atoms with E-state index in [4.69, 9.17) is 14.2 Å². The van der Waals surface area contributed by atoms with Crippen molar-refractivity contribution in [3.05, 3.63) is 52.3 Å². The molecule has 1 saturated heterocycles. The molecule has 0 spiro atoms. The van der Waals surface area contributed by atoms with Gasteiger partial charge in [-0.25, -0.2) is 5.10 Å². The third-order valence-corrected chi connectivity index (χ3v) is 6.15. The highest BCUT2D eigenvalue weighted by molar-refractivity contribution is 6.01. The van der Waals surface area contributed by atoms with Gasteiger partial charge >= 0.3 is 0 Å². The first-order chi connectivity index (χ1) is 15.7. The molecule has 3 aromatic rings. The van der Waals surface area contributed by atoms with Gasteiger partial charge in [-0.2, -0.15) is 5.10 Å². The van der Waals surface area contributed by atoms with E-state index in [9.17, 15) is 4.79 Å². The summed E-state index contributed by atoms with van der Waals surface area (Å²) in [5.74, 6) is 1.45. The van der Waals surface area contributed by atoms with Crippen molar-refractivity contribution in [3.63, 3.8) is 0 Å². The summed E-state index contributed by atoms with van der Waals surface area (Å²) in [6, 6.07) is 11.8.